The average Bonchev–Trinajstić information content (AvgIpc) is 3.20. The number of nitriles is 1. The molecule has 1 aromatic carbocycles. The molecule has 8 nitrogen and oxygen atoms in total. The third kappa shape index (κ3) is 6.06. The van der Waals surface area contributed by atoms with Crippen molar-refractivity contribution in [3.05, 3.63) is 30.1 Å². The summed E-state index contributed by atoms with van der Waals surface area (Å²) in [6, 6.07) is 8.32. The summed E-state index contributed by atoms with van der Waals surface area (Å²) in [5.74, 6) is 0.168. The Hall–Kier alpha value is -2.48. The number of hydrogen-bond acceptors (Lipinski definition) is 7. The van der Waals surface area contributed by atoms with Crippen molar-refractivity contribution in [3.63, 3.8) is 0 Å². The van der Waals surface area contributed by atoms with E-state index in [9.17, 15) is 14.4 Å². The van der Waals surface area contributed by atoms with Gasteiger partial charge in [-0.15, -0.1) is 10.2 Å². The summed E-state index contributed by atoms with van der Waals surface area (Å²) in [5.41, 5.74) is -0.171. The smallest absolute Gasteiger partial charge is 0.231 e. The summed E-state index contributed by atoms with van der Waals surface area (Å²) in [5, 5.41) is 21.5. The van der Waals surface area contributed by atoms with Gasteiger partial charge in [0.15, 0.2) is 11.0 Å². The van der Waals surface area contributed by atoms with E-state index in [1.54, 1.807) is 19.1 Å². The number of ether oxygens (including phenoxy) is 1. The quantitative estimate of drug-likeness (QED) is 0.575. The molecule has 1 aliphatic heterocycles. The third-order valence-corrected chi connectivity index (χ3v) is 6.65. The second-order valence-electron chi connectivity index (χ2n) is 8.22. The zero-order valence-electron chi connectivity index (χ0n) is 18.7. The van der Waals surface area contributed by atoms with Crippen molar-refractivity contribution in [2.24, 2.45) is 5.92 Å². The van der Waals surface area contributed by atoms with Gasteiger partial charge in [0, 0.05) is 31.7 Å². The minimum atomic E-state index is -0.930. The van der Waals surface area contributed by atoms with E-state index in [-0.39, 0.29) is 23.4 Å². The van der Waals surface area contributed by atoms with Crippen molar-refractivity contribution in [2.45, 2.75) is 38.0 Å². The lowest BCUT2D eigenvalue weighted by Gasteiger charge is -2.27. The van der Waals surface area contributed by atoms with Gasteiger partial charge >= 0.3 is 0 Å². The molecule has 1 unspecified atom stereocenters. The molecule has 1 amide bonds. The monoisotopic (exact) mass is 460 g/mol. The summed E-state index contributed by atoms with van der Waals surface area (Å²) >= 11 is 1.27. The molecule has 0 saturated carbocycles. The maximum Gasteiger partial charge on any atom is 0.231 e. The summed E-state index contributed by atoms with van der Waals surface area (Å²) in [6.07, 6.45) is 0. The fourth-order valence-electron chi connectivity index (χ4n) is 3.23. The first-order valence-electron chi connectivity index (χ1n) is 10.7. The van der Waals surface area contributed by atoms with Crippen LogP contribution in [-0.4, -0.2) is 69.7 Å². The van der Waals surface area contributed by atoms with Crippen LogP contribution in [0.4, 0.5) is 4.39 Å². The lowest BCUT2D eigenvalue weighted by molar-refractivity contribution is -0.120. The average molecular weight is 461 g/mol. The van der Waals surface area contributed by atoms with E-state index in [1.807, 2.05) is 18.4 Å². The van der Waals surface area contributed by atoms with Gasteiger partial charge in [-0.2, -0.15) is 5.26 Å². The van der Waals surface area contributed by atoms with Gasteiger partial charge in [0.2, 0.25) is 5.91 Å². The van der Waals surface area contributed by atoms with Crippen molar-refractivity contribution in [1.82, 2.24) is 25.0 Å². The molecule has 1 atom stereocenters. The molecule has 10 heteroatoms. The second kappa shape index (κ2) is 10.9. The number of carbonyl (C=O) groups excluding carboxylic acids is 1. The number of rotatable bonds is 9. The number of carbonyl (C=O) groups is 1. The Bertz CT molecular complexity index is 952. The topological polar surface area (TPSA) is 96.1 Å². The Balaban J connectivity index is 1.74. The molecule has 2 aromatic rings. The Morgan fingerprint density at radius 3 is 2.59 bits per heavy atom. The van der Waals surface area contributed by atoms with Gasteiger partial charge in [-0.25, -0.2) is 4.39 Å². The molecule has 32 heavy (non-hydrogen) atoms. The van der Waals surface area contributed by atoms with Crippen LogP contribution in [0.5, 0.6) is 0 Å². The minimum absolute atomic E-state index is 0.0243. The maximum atomic E-state index is 13.4. The van der Waals surface area contributed by atoms with Crippen molar-refractivity contribution in [2.75, 3.05) is 38.6 Å². The van der Waals surface area contributed by atoms with Crippen LogP contribution in [0, 0.1) is 23.1 Å². The number of amides is 1. The van der Waals surface area contributed by atoms with Crippen molar-refractivity contribution < 1.29 is 13.9 Å². The van der Waals surface area contributed by atoms with Crippen LogP contribution in [0.3, 0.4) is 0 Å². The van der Waals surface area contributed by atoms with Gasteiger partial charge in [0.05, 0.1) is 25.0 Å². The molecule has 0 spiro atoms. The zero-order valence-corrected chi connectivity index (χ0v) is 19.5. The highest BCUT2D eigenvalue weighted by atomic mass is 32.2. The first kappa shape index (κ1) is 24.2. The van der Waals surface area contributed by atoms with Gasteiger partial charge < -0.3 is 14.6 Å². The Morgan fingerprint density at radius 2 is 1.97 bits per heavy atom. The molecule has 1 fully saturated rings. The van der Waals surface area contributed by atoms with Gasteiger partial charge in [-0.3, -0.25) is 9.69 Å². The lowest BCUT2D eigenvalue weighted by Crippen LogP contribution is -2.49. The zero-order chi connectivity index (χ0) is 23.1. The van der Waals surface area contributed by atoms with E-state index < -0.39 is 5.54 Å². The number of benzene rings is 1. The van der Waals surface area contributed by atoms with Crippen LogP contribution in [0.25, 0.3) is 11.4 Å². The highest BCUT2D eigenvalue weighted by molar-refractivity contribution is 7.99. The fraction of sp³-hybridized carbons (Fsp3) is 0.545. The standard InChI is InChI=1S/C22H29FN6O2S/c1-16(2)22(3,15-24)25-19(30)14-32-21-27-26-20(17-4-6-18(23)7-5-17)29(21)9-8-28-10-12-31-13-11-28/h4-7,16H,8-14H2,1-3H3,(H,25,30). The predicted molar refractivity (Wildman–Crippen MR) is 120 cm³/mol. The maximum absolute atomic E-state index is 13.4. The number of aromatic nitrogens is 3. The first-order valence-corrected chi connectivity index (χ1v) is 11.7. The highest BCUT2D eigenvalue weighted by Crippen LogP contribution is 2.25. The van der Waals surface area contributed by atoms with E-state index in [0.717, 1.165) is 25.2 Å². The molecule has 3 rings (SSSR count). The number of nitrogens with one attached hydrogen (secondary N) is 1. The predicted octanol–water partition coefficient (Wildman–Crippen LogP) is 2.56. The number of thioether (sulfide) groups is 1. The van der Waals surface area contributed by atoms with E-state index in [4.69, 9.17) is 4.74 Å². The third-order valence-electron chi connectivity index (χ3n) is 5.68. The second-order valence-corrected chi connectivity index (χ2v) is 9.17. The number of nitrogens with zero attached hydrogens (tertiary/aromatic N) is 5. The molecule has 0 aliphatic carbocycles. The van der Waals surface area contributed by atoms with Crippen molar-refractivity contribution in [1.29, 1.82) is 5.26 Å². The molecule has 0 bridgehead atoms. The molecular formula is C22H29FN6O2S. The number of morpholine rings is 1. The van der Waals surface area contributed by atoms with Crippen LogP contribution in [0.15, 0.2) is 29.4 Å². The van der Waals surface area contributed by atoms with Gasteiger partial charge in [0.1, 0.15) is 11.4 Å². The summed E-state index contributed by atoms with van der Waals surface area (Å²) in [6.45, 7) is 10.1. The molecule has 1 aliphatic rings. The van der Waals surface area contributed by atoms with Crippen molar-refractivity contribution in [3.8, 4) is 17.5 Å². The Labute approximate surface area is 192 Å². The van der Waals surface area contributed by atoms with Crippen LogP contribution >= 0.6 is 11.8 Å². The van der Waals surface area contributed by atoms with E-state index in [0.29, 0.717) is 30.7 Å². The van der Waals surface area contributed by atoms with Gasteiger partial charge in [-0.1, -0.05) is 25.6 Å². The van der Waals surface area contributed by atoms with Gasteiger partial charge in [-0.05, 0) is 37.1 Å². The minimum Gasteiger partial charge on any atom is -0.379 e. The fourth-order valence-corrected chi connectivity index (χ4v) is 4.00. The molecule has 1 aromatic heterocycles. The molecule has 172 valence electrons. The first-order chi connectivity index (χ1) is 15.3. The number of hydrogen-bond donors (Lipinski definition) is 1. The Kier molecular flexibility index (Phi) is 8.23. The highest BCUT2D eigenvalue weighted by Gasteiger charge is 2.30. The largest absolute Gasteiger partial charge is 0.379 e. The molecule has 1 N–H and O–H groups in total. The molecular weight excluding hydrogens is 431 g/mol. The lowest BCUT2D eigenvalue weighted by atomic mass is 9.90. The summed E-state index contributed by atoms with van der Waals surface area (Å²) < 4.78 is 20.8. The van der Waals surface area contributed by atoms with Crippen LogP contribution in [0.1, 0.15) is 20.8 Å². The molecule has 1 saturated heterocycles. The van der Waals surface area contributed by atoms with E-state index in [1.165, 1.54) is 23.9 Å². The van der Waals surface area contributed by atoms with Crippen LogP contribution < -0.4 is 5.32 Å². The summed E-state index contributed by atoms with van der Waals surface area (Å²) in [7, 11) is 0. The molecule has 2 heterocycles. The van der Waals surface area contributed by atoms with Gasteiger partial charge in [0.25, 0.3) is 0 Å². The van der Waals surface area contributed by atoms with Crippen LogP contribution in [0.2, 0.25) is 0 Å². The number of halogens is 1. The normalized spacial score (nSPS) is 16.5. The van der Waals surface area contributed by atoms with E-state index >= 15 is 0 Å². The van der Waals surface area contributed by atoms with Crippen LogP contribution in [-0.2, 0) is 16.1 Å². The molecule has 0 radical (unpaired) electrons. The Morgan fingerprint density at radius 1 is 1.28 bits per heavy atom. The van der Waals surface area contributed by atoms with E-state index in [2.05, 4.69) is 26.5 Å². The van der Waals surface area contributed by atoms with Crippen molar-refractivity contribution >= 4 is 17.7 Å². The summed E-state index contributed by atoms with van der Waals surface area (Å²) in [4.78, 5) is 14.8. The SMILES string of the molecule is CC(C)C(C)(C#N)NC(=O)CSc1nnc(-c2ccc(F)cc2)n1CCN1CCOCC1.